The predicted molar refractivity (Wildman–Crippen MR) is 54.7 cm³/mol. The lowest BCUT2D eigenvalue weighted by molar-refractivity contribution is -0.125. The Labute approximate surface area is 85.0 Å². The Hall–Kier alpha value is -0.580. The molecular weight excluding hydrogens is 202 g/mol. The van der Waals surface area contributed by atoms with Crippen molar-refractivity contribution in [2.24, 2.45) is 0 Å². The fourth-order valence-electron chi connectivity index (χ4n) is 1.66. The van der Waals surface area contributed by atoms with E-state index in [9.17, 15) is 13.2 Å². The van der Waals surface area contributed by atoms with Crippen LogP contribution in [0.2, 0.25) is 0 Å². The maximum Gasteiger partial charge on any atom is 0.241 e. The molecule has 0 saturated heterocycles. The fraction of sp³-hybridized carbons (Fsp3) is 0.889. The molecule has 0 aromatic carbocycles. The second kappa shape index (κ2) is 3.88. The normalized spacial score (nSPS) is 19.9. The van der Waals surface area contributed by atoms with Crippen LogP contribution < -0.4 is 5.32 Å². The minimum absolute atomic E-state index is 0.312. The Bertz CT molecular complexity index is 317. The highest BCUT2D eigenvalue weighted by Crippen LogP contribution is 2.39. The molecule has 1 saturated carbocycles. The van der Waals surface area contributed by atoms with E-state index in [2.05, 4.69) is 5.32 Å². The third kappa shape index (κ3) is 1.78. The van der Waals surface area contributed by atoms with Crippen molar-refractivity contribution in [1.29, 1.82) is 0 Å². The number of nitrogens with one attached hydrogen (secondary N) is 1. The molecular formula is C9H17NO3S. The first-order chi connectivity index (χ1) is 6.44. The lowest BCUT2D eigenvalue weighted by Crippen LogP contribution is -2.56. The van der Waals surface area contributed by atoms with Crippen molar-refractivity contribution in [3.05, 3.63) is 0 Å². The first-order valence-electron chi connectivity index (χ1n) is 4.92. The molecule has 1 rings (SSSR count). The SMILES string of the molecule is CCCNC(=O)C1(S(C)(=O)=O)CCC1. The van der Waals surface area contributed by atoms with E-state index < -0.39 is 14.6 Å². The summed E-state index contributed by atoms with van der Waals surface area (Å²) in [7, 11) is -3.27. The number of amides is 1. The molecule has 82 valence electrons. The standard InChI is InChI=1S/C9H17NO3S/c1-3-7-10-8(11)9(5-4-6-9)14(2,12)13/h3-7H2,1-2H3,(H,10,11). The number of rotatable bonds is 4. The van der Waals surface area contributed by atoms with Crippen LogP contribution in [0.1, 0.15) is 32.6 Å². The van der Waals surface area contributed by atoms with Crippen molar-refractivity contribution in [2.75, 3.05) is 12.8 Å². The summed E-state index contributed by atoms with van der Waals surface area (Å²) in [6.07, 6.45) is 3.75. The van der Waals surface area contributed by atoms with Crippen LogP contribution in [0.15, 0.2) is 0 Å². The molecule has 5 heteroatoms. The third-order valence-corrected chi connectivity index (χ3v) is 4.83. The number of carbonyl (C=O) groups is 1. The lowest BCUT2D eigenvalue weighted by atomic mass is 9.83. The summed E-state index contributed by atoms with van der Waals surface area (Å²) in [4.78, 5) is 11.7. The molecule has 0 bridgehead atoms. The minimum atomic E-state index is -3.27. The van der Waals surface area contributed by atoms with Gasteiger partial charge in [-0.3, -0.25) is 4.79 Å². The van der Waals surface area contributed by atoms with E-state index in [4.69, 9.17) is 0 Å². The average Bonchev–Trinajstić information content (AvgIpc) is 1.95. The quantitative estimate of drug-likeness (QED) is 0.748. The van der Waals surface area contributed by atoms with Gasteiger partial charge in [0.15, 0.2) is 9.84 Å². The number of sulfone groups is 1. The lowest BCUT2D eigenvalue weighted by Gasteiger charge is -2.38. The maximum absolute atomic E-state index is 11.7. The Kier molecular flexibility index (Phi) is 3.19. The molecule has 1 aliphatic rings. The number of hydrogen-bond donors (Lipinski definition) is 1. The smallest absolute Gasteiger partial charge is 0.241 e. The van der Waals surface area contributed by atoms with Crippen LogP contribution in [0.3, 0.4) is 0 Å². The molecule has 1 amide bonds. The van der Waals surface area contributed by atoms with E-state index in [1.807, 2.05) is 6.92 Å². The molecule has 0 aromatic heterocycles. The maximum atomic E-state index is 11.7. The van der Waals surface area contributed by atoms with Gasteiger partial charge in [-0.25, -0.2) is 8.42 Å². The zero-order chi connectivity index (χ0) is 10.8. The summed E-state index contributed by atoms with van der Waals surface area (Å²) in [5.74, 6) is -0.312. The first kappa shape index (κ1) is 11.5. The Morgan fingerprint density at radius 3 is 2.29 bits per heavy atom. The number of carbonyl (C=O) groups excluding carboxylic acids is 1. The second-order valence-corrected chi connectivity index (χ2v) is 6.20. The van der Waals surface area contributed by atoms with Crippen LogP contribution in [-0.2, 0) is 14.6 Å². The van der Waals surface area contributed by atoms with Crippen LogP contribution in [0.4, 0.5) is 0 Å². The van der Waals surface area contributed by atoms with Gasteiger partial charge in [0.05, 0.1) is 0 Å². The van der Waals surface area contributed by atoms with Crippen LogP contribution in [-0.4, -0.2) is 31.9 Å². The van der Waals surface area contributed by atoms with Crippen molar-refractivity contribution < 1.29 is 13.2 Å². The van der Waals surface area contributed by atoms with Crippen molar-refractivity contribution >= 4 is 15.7 Å². The highest BCUT2D eigenvalue weighted by Gasteiger charge is 2.52. The monoisotopic (exact) mass is 219 g/mol. The second-order valence-electron chi connectivity index (χ2n) is 3.88. The molecule has 1 aliphatic carbocycles. The number of hydrogen-bond acceptors (Lipinski definition) is 3. The van der Waals surface area contributed by atoms with Crippen LogP contribution in [0.25, 0.3) is 0 Å². The van der Waals surface area contributed by atoms with E-state index in [0.29, 0.717) is 19.4 Å². The molecule has 0 aliphatic heterocycles. The molecule has 0 heterocycles. The van der Waals surface area contributed by atoms with E-state index in [-0.39, 0.29) is 5.91 Å². The molecule has 0 spiro atoms. The summed E-state index contributed by atoms with van der Waals surface area (Å²) in [5.41, 5.74) is 0. The van der Waals surface area contributed by atoms with Gasteiger partial charge < -0.3 is 5.32 Å². The van der Waals surface area contributed by atoms with Crippen molar-refractivity contribution in [3.63, 3.8) is 0 Å². The van der Waals surface area contributed by atoms with Gasteiger partial charge in [0, 0.05) is 12.8 Å². The highest BCUT2D eigenvalue weighted by molar-refractivity contribution is 7.93. The molecule has 1 N–H and O–H groups in total. The van der Waals surface area contributed by atoms with Crippen LogP contribution in [0.5, 0.6) is 0 Å². The zero-order valence-corrected chi connectivity index (χ0v) is 9.49. The summed E-state index contributed by atoms with van der Waals surface area (Å²) in [5, 5.41) is 2.66. The molecule has 0 unspecified atom stereocenters. The summed E-state index contributed by atoms with van der Waals surface area (Å²) >= 11 is 0. The van der Waals surface area contributed by atoms with Gasteiger partial charge in [0.25, 0.3) is 0 Å². The van der Waals surface area contributed by atoms with Gasteiger partial charge in [-0.1, -0.05) is 6.92 Å². The summed E-state index contributed by atoms with van der Waals surface area (Å²) < 4.78 is 21.8. The topological polar surface area (TPSA) is 63.2 Å². The fourth-order valence-corrected chi connectivity index (χ4v) is 3.10. The highest BCUT2D eigenvalue weighted by atomic mass is 32.2. The van der Waals surface area contributed by atoms with Gasteiger partial charge in [-0.05, 0) is 25.7 Å². The molecule has 0 radical (unpaired) electrons. The van der Waals surface area contributed by atoms with Crippen LogP contribution >= 0.6 is 0 Å². The first-order valence-corrected chi connectivity index (χ1v) is 6.81. The van der Waals surface area contributed by atoms with Gasteiger partial charge >= 0.3 is 0 Å². The van der Waals surface area contributed by atoms with Crippen molar-refractivity contribution in [2.45, 2.75) is 37.4 Å². The predicted octanol–water partition coefficient (Wildman–Crippen LogP) is 0.480. The Morgan fingerprint density at radius 2 is 2.00 bits per heavy atom. The third-order valence-electron chi connectivity index (χ3n) is 2.82. The van der Waals surface area contributed by atoms with Gasteiger partial charge in [0.1, 0.15) is 4.75 Å². The molecule has 14 heavy (non-hydrogen) atoms. The Morgan fingerprint density at radius 1 is 1.43 bits per heavy atom. The molecule has 0 aromatic rings. The zero-order valence-electron chi connectivity index (χ0n) is 8.67. The molecule has 0 atom stereocenters. The largest absolute Gasteiger partial charge is 0.355 e. The van der Waals surface area contributed by atoms with E-state index in [0.717, 1.165) is 19.1 Å². The molecule has 1 fully saturated rings. The van der Waals surface area contributed by atoms with E-state index in [1.165, 1.54) is 0 Å². The van der Waals surface area contributed by atoms with Crippen molar-refractivity contribution in [1.82, 2.24) is 5.32 Å². The van der Waals surface area contributed by atoms with Gasteiger partial charge in [-0.15, -0.1) is 0 Å². The van der Waals surface area contributed by atoms with Gasteiger partial charge in [0.2, 0.25) is 5.91 Å². The average molecular weight is 219 g/mol. The van der Waals surface area contributed by atoms with Crippen LogP contribution in [0, 0.1) is 0 Å². The van der Waals surface area contributed by atoms with Gasteiger partial charge in [-0.2, -0.15) is 0 Å². The molecule has 4 nitrogen and oxygen atoms in total. The summed E-state index contributed by atoms with van der Waals surface area (Å²) in [6.45, 7) is 2.49. The Balaban J connectivity index is 2.76. The van der Waals surface area contributed by atoms with E-state index in [1.54, 1.807) is 0 Å². The van der Waals surface area contributed by atoms with E-state index >= 15 is 0 Å². The van der Waals surface area contributed by atoms with Crippen molar-refractivity contribution in [3.8, 4) is 0 Å². The summed E-state index contributed by atoms with van der Waals surface area (Å²) in [6, 6.07) is 0. The minimum Gasteiger partial charge on any atom is -0.355 e.